The predicted octanol–water partition coefficient (Wildman–Crippen LogP) is 1.23. The van der Waals surface area contributed by atoms with Crippen LogP contribution in [0.5, 0.6) is 5.75 Å². The molecule has 20 heavy (non-hydrogen) atoms. The molecule has 0 saturated heterocycles. The molecule has 1 aromatic carbocycles. The van der Waals surface area contributed by atoms with Crippen LogP contribution in [0.2, 0.25) is 0 Å². The van der Waals surface area contributed by atoms with E-state index in [1.165, 1.54) is 6.92 Å². The molecular weight excluding hydrogens is 260 g/mol. The maximum Gasteiger partial charge on any atom is 0.329 e. The number of carbonyl (C=O) groups is 2. The summed E-state index contributed by atoms with van der Waals surface area (Å²) in [7, 11) is 0. The number of ether oxygens (including phenoxy) is 1. The topological polar surface area (TPSA) is 87.7 Å². The van der Waals surface area contributed by atoms with Crippen LogP contribution in [-0.2, 0) is 9.59 Å². The van der Waals surface area contributed by atoms with E-state index in [0.29, 0.717) is 18.7 Å². The number of amides is 1. The maximum atomic E-state index is 12.1. The van der Waals surface area contributed by atoms with Crippen molar-refractivity contribution in [2.24, 2.45) is 0 Å². The van der Waals surface area contributed by atoms with Crippen LogP contribution in [0, 0.1) is 0 Å². The number of nitrogens with one attached hydrogen (secondary N) is 2. The van der Waals surface area contributed by atoms with Crippen LogP contribution >= 0.6 is 0 Å². The van der Waals surface area contributed by atoms with Gasteiger partial charge in [0.2, 0.25) is 0 Å². The Bertz CT molecular complexity index is 532. The number of aliphatic carboxylic acids is 1. The Morgan fingerprint density at radius 3 is 2.85 bits per heavy atom. The first-order valence-corrected chi connectivity index (χ1v) is 6.51. The van der Waals surface area contributed by atoms with E-state index in [-0.39, 0.29) is 0 Å². The van der Waals surface area contributed by atoms with Crippen molar-refractivity contribution in [3.05, 3.63) is 24.3 Å². The Morgan fingerprint density at radius 1 is 1.50 bits per heavy atom. The molecule has 1 aromatic rings. The number of para-hydroxylation sites is 2. The van der Waals surface area contributed by atoms with Gasteiger partial charge in [-0.15, -0.1) is 0 Å². The van der Waals surface area contributed by atoms with Gasteiger partial charge in [-0.1, -0.05) is 19.1 Å². The molecule has 3 N–H and O–H groups in total. The number of anilines is 1. The van der Waals surface area contributed by atoms with E-state index in [4.69, 9.17) is 9.84 Å². The molecular formula is C14H18N2O4. The molecule has 0 saturated carbocycles. The van der Waals surface area contributed by atoms with Crippen molar-refractivity contribution in [1.82, 2.24) is 5.32 Å². The molecule has 0 radical (unpaired) electrons. The van der Waals surface area contributed by atoms with E-state index in [9.17, 15) is 9.59 Å². The molecule has 6 heteroatoms. The Kier molecular flexibility index (Phi) is 3.83. The molecule has 0 aliphatic carbocycles. The summed E-state index contributed by atoms with van der Waals surface area (Å²) in [6.07, 6.45) is -0.444. The van der Waals surface area contributed by atoms with Gasteiger partial charge in [0.05, 0.1) is 12.2 Å². The first-order valence-electron chi connectivity index (χ1n) is 6.51. The van der Waals surface area contributed by atoms with Crippen molar-refractivity contribution in [3.8, 4) is 5.75 Å². The molecule has 1 amide bonds. The van der Waals surface area contributed by atoms with Crippen molar-refractivity contribution in [2.75, 3.05) is 11.9 Å². The van der Waals surface area contributed by atoms with Crippen LogP contribution in [-0.4, -0.2) is 35.2 Å². The fourth-order valence-electron chi connectivity index (χ4n) is 1.90. The van der Waals surface area contributed by atoms with Crippen LogP contribution in [0.25, 0.3) is 0 Å². The third-order valence-electron chi connectivity index (χ3n) is 3.50. The van der Waals surface area contributed by atoms with Crippen molar-refractivity contribution in [2.45, 2.75) is 31.9 Å². The van der Waals surface area contributed by atoms with Gasteiger partial charge in [-0.25, -0.2) is 4.79 Å². The first kappa shape index (κ1) is 14.2. The molecule has 2 atom stereocenters. The third-order valence-corrected chi connectivity index (χ3v) is 3.50. The molecule has 1 aliphatic rings. The third kappa shape index (κ3) is 2.68. The summed E-state index contributed by atoms with van der Waals surface area (Å²) in [6.45, 7) is 3.50. The number of hydrogen-bond acceptors (Lipinski definition) is 4. The summed E-state index contributed by atoms with van der Waals surface area (Å²) in [4.78, 5) is 23.3. The summed E-state index contributed by atoms with van der Waals surface area (Å²) in [5.41, 5.74) is -0.453. The van der Waals surface area contributed by atoms with Crippen LogP contribution in [0.3, 0.4) is 0 Å². The first-order chi connectivity index (χ1) is 9.46. The van der Waals surface area contributed by atoms with Gasteiger partial charge in [0.25, 0.3) is 5.91 Å². The molecule has 0 aromatic heterocycles. The number of fused-ring (bicyclic) bond motifs is 1. The highest BCUT2D eigenvalue weighted by atomic mass is 16.5. The monoisotopic (exact) mass is 278 g/mol. The minimum absolute atomic E-state index is 0.296. The number of benzene rings is 1. The van der Waals surface area contributed by atoms with Crippen molar-refractivity contribution >= 4 is 17.6 Å². The van der Waals surface area contributed by atoms with Crippen molar-refractivity contribution in [1.29, 1.82) is 0 Å². The Hall–Kier alpha value is -2.24. The van der Waals surface area contributed by atoms with E-state index < -0.39 is 23.5 Å². The Balaban J connectivity index is 2.07. The highest BCUT2D eigenvalue weighted by molar-refractivity contribution is 5.89. The molecule has 108 valence electrons. The summed E-state index contributed by atoms with van der Waals surface area (Å²) in [6, 6.07) is 7.30. The van der Waals surface area contributed by atoms with E-state index in [1.54, 1.807) is 13.0 Å². The zero-order valence-electron chi connectivity index (χ0n) is 11.5. The lowest BCUT2D eigenvalue weighted by Gasteiger charge is -2.30. The smallest absolute Gasteiger partial charge is 0.329 e. The second-order valence-electron chi connectivity index (χ2n) is 4.96. The lowest BCUT2D eigenvalue weighted by Crippen LogP contribution is -2.57. The van der Waals surface area contributed by atoms with Gasteiger partial charge in [-0.05, 0) is 25.5 Å². The number of carbonyl (C=O) groups excluding carboxylic acids is 1. The SMILES string of the molecule is CCC(C)(NC(=O)C1CNc2ccccc2O1)C(=O)O. The summed E-state index contributed by atoms with van der Waals surface area (Å²) in [5, 5.41) is 14.8. The van der Waals surface area contributed by atoms with Gasteiger partial charge in [0.1, 0.15) is 11.3 Å². The summed E-state index contributed by atoms with van der Waals surface area (Å²) >= 11 is 0. The molecule has 1 aliphatic heterocycles. The second kappa shape index (κ2) is 5.40. The molecule has 0 spiro atoms. The number of rotatable bonds is 4. The van der Waals surface area contributed by atoms with Gasteiger partial charge in [0.15, 0.2) is 6.10 Å². The Morgan fingerprint density at radius 2 is 2.20 bits per heavy atom. The molecule has 6 nitrogen and oxygen atoms in total. The fraction of sp³-hybridized carbons (Fsp3) is 0.429. The average Bonchev–Trinajstić information content (AvgIpc) is 2.46. The highest BCUT2D eigenvalue weighted by Crippen LogP contribution is 2.28. The second-order valence-corrected chi connectivity index (χ2v) is 4.96. The highest BCUT2D eigenvalue weighted by Gasteiger charge is 2.36. The fourth-order valence-corrected chi connectivity index (χ4v) is 1.90. The van der Waals surface area contributed by atoms with Crippen LogP contribution < -0.4 is 15.4 Å². The molecule has 1 heterocycles. The molecule has 2 unspecified atom stereocenters. The Labute approximate surface area is 117 Å². The summed E-state index contributed by atoms with van der Waals surface area (Å²) in [5.74, 6) is -0.899. The lowest BCUT2D eigenvalue weighted by molar-refractivity contribution is -0.148. The van der Waals surface area contributed by atoms with E-state index >= 15 is 0 Å². The number of carboxylic acid groups (broad SMARTS) is 1. The normalized spacial score (nSPS) is 19.8. The summed E-state index contributed by atoms with van der Waals surface area (Å²) < 4.78 is 5.60. The van der Waals surface area contributed by atoms with Gasteiger partial charge in [-0.3, -0.25) is 4.79 Å². The van der Waals surface area contributed by atoms with Crippen molar-refractivity contribution in [3.63, 3.8) is 0 Å². The molecule has 2 rings (SSSR count). The van der Waals surface area contributed by atoms with Crippen LogP contribution in [0.4, 0.5) is 5.69 Å². The minimum Gasteiger partial charge on any atom is -0.480 e. The maximum absolute atomic E-state index is 12.1. The average molecular weight is 278 g/mol. The zero-order valence-corrected chi connectivity index (χ0v) is 11.5. The number of hydrogen-bond donors (Lipinski definition) is 3. The zero-order chi connectivity index (χ0) is 14.8. The minimum atomic E-state index is -1.28. The molecule has 0 bridgehead atoms. The van der Waals surface area contributed by atoms with Gasteiger partial charge >= 0.3 is 5.97 Å². The predicted molar refractivity (Wildman–Crippen MR) is 73.8 cm³/mol. The van der Waals surface area contributed by atoms with Crippen LogP contribution in [0.15, 0.2) is 24.3 Å². The van der Waals surface area contributed by atoms with E-state index in [1.807, 2.05) is 18.2 Å². The standard InChI is InChI=1S/C14H18N2O4/c1-3-14(2,13(18)19)16-12(17)11-8-15-9-6-4-5-7-10(9)20-11/h4-7,11,15H,3,8H2,1-2H3,(H,16,17)(H,18,19). The van der Waals surface area contributed by atoms with Crippen LogP contribution in [0.1, 0.15) is 20.3 Å². The molecule has 0 fully saturated rings. The van der Waals surface area contributed by atoms with Crippen molar-refractivity contribution < 1.29 is 19.4 Å². The van der Waals surface area contributed by atoms with Gasteiger partial charge in [0, 0.05) is 0 Å². The lowest BCUT2D eigenvalue weighted by atomic mass is 9.98. The number of carboxylic acids is 1. The van der Waals surface area contributed by atoms with E-state index in [0.717, 1.165) is 5.69 Å². The van der Waals surface area contributed by atoms with Gasteiger partial charge in [-0.2, -0.15) is 0 Å². The quantitative estimate of drug-likeness (QED) is 0.771. The largest absolute Gasteiger partial charge is 0.480 e. The van der Waals surface area contributed by atoms with E-state index in [2.05, 4.69) is 10.6 Å². The van der Waals surface area contributed by atoms with Gasteiger partial charge < -0.3 is 20.5 Å².